The van der Waals surface area contributed by atoms with Crippen molar-refractivity contribution in [1.82, 2.24) is 21.3 Å². The smallest absolute Gasteiger partial charge is 0.328 e. The number of rotatable bonds is 27. The van der Waals surface area contributed by atoms with E-state index in [2.05, 4.69) is 31.3 Å². The van der Waals surface area contributed by atoms with Crippen LogP contribution in [0.25, 0.3) is 32.7 Å². The number of aliphatic imine (C=N–C) groups is 2. The number of nitrogens with one attached hydrogen (secondary N) is 4. The molecule has 2 amide bonds. The van der Waals surface area contributed by atoms with Crippen molar-refractivity contribution < 1.29 is 38.1 Å². The molecule has 17 heteroatoms. The Kier molecular flexibility index (Phi) is 27.2. The summed E-state index contributed by atoms with van der Waals surface area (Å²) >= 11 is 0. The summed E-state index contributed by atoms with van der Waals surface area (Å²) < 4.78 is 24.3. The van der Waals surface area contributed by atoms with Crippen molar-refractivity contribution in [1.29, 1.82) is 0 Å². The van der Waals surface area contributed by atoms with Crippen molar-refractivity contribution in [3.63, 3.8) is 0 Å². The molecule has 16 nitrogen and oxygen atoms in total. The van der Waals surface area contributed by atoms with Crippen LogP contribution in [-0.4, -0.2) is 88.2 Å². The zero-order chi connectivity index (χ0) is 50.9. The van der Waals surface area contributed by atoms with Crippen molar-refractivity contribution in [2.75, 3.05) is 40.4 Å². The highest BCUT2D eigenvalue weighted by atomic mass is 32.1. The number of hydrogen-bond acceptors (Lipinski definition) is 10. The number of amides is 2. The number of carbonyl (C=O) groups is 4. The first-order valence-corrected chi connectivity index (χ1v) is 24.3. The number of carbonyl (C=O) groups excluding carboxylic acids is 4. The maximum atomic E-state index is 13.4. The number of guanidine groups is 2. The first-order valence-electron chi connectivity index (χ1n) is 24.3. The van der Waals surface area contributed by atoms with Crippen LogP contribution in [0, 0.1) is 0 Å². The molecule has 0 aromatic heterocycles. The number of nitrogens with zero attached hydrogens (tertiary/aromatic N) is 2. The number of hydrogen-bond donors (Lipinski definition) is 6. The molecule has 0 fully saturated rings. The minimum Gasteiger partial charge on any atom is -0.493 e. The fourth-order valence-electron chi connectivity index (χ4n) is 7.98. The quantitative estimate of drug-likeness (QED) is 0.0124. The predicted molar refractivity (Wildman–Crippen MR) is 306 cm³/mol. The Labute approximate surface area is 448 Å². The van der Waals surface area contributed by atoms with E-state index in [0.29, 0.717) is 63.1 Å². The molecule has 402 valence electrons. The molecular weight excluding hydrogens is 969 g/mol. The second-order valence-corrected chi connectivity index (χ2v) is 17.0. The summed E-state index contributed by atoms with van der Waals surface area (Å²) in [5, 5.41) is 15.6. The fraction of sp³-hybridized carbons (Fsp3) is 0.345. The number of nitrogens with two attached hydrogens (primary N) is 2. The molecule has 75 heavy (non-hydrogen) atoms. The molecule has 0 bridgehead atoms. The number of benzene rings is 6. The summed E-state index contributed by atoms with van der Waals surface area (Å²) in [6.45, 7) is 1.51. The number of ether oxygens (including phenoxy) is 4. The summed E-state index contributed by atoms with van der Waals surface area (Å²) in [4.78, 5) is 61.1. The average molecular weight is 1050 g/mol. The largest absolute Gasteiger partial charge is 0.493 e. The van der Waals surface area contributed by atoms with Gasteiger partial charge in [-0.25, -0.2) is 9.59 Å². The van der Waals surface area contributed by atoms with Crippen LogP contribution in [0.1, 0.15) is 77.3 Å². The summed E-state index contributed by atoms with van der Waals surface area (Å²) in [7, 11) is 3.16. The van der Waals surface area contributed by atoms with E-state index in [1.54, 1.807) is 14.1 Å². The highest BCUT2D eigenvalue weighted by Crippen LogP contribution is 2.45. The van der Waals surface area contributed by atoms with Gasteiger partial charge in [-0.3, -0.25) is 19.6 Å². The van der Waals surface area contributed by atoms with Gasteiger partial charge in [0.05, 0.1) is 13.2 Å². The van der Waals surface area contributed by atoms with Crippen LogP contribution in [0.3, 0.4) is 0 Å². The van der Waals surface area contributed by atoms with Gasteiger partial charge >= 0.3 is 11.9 Å². The SMILES string of the molecule is C.C.CN=C(N)NCCC[C@@H](NC(=O)CCCOc1ccc2ccccc2c1-c1c(OCCCC(=O)N[C@H](CCCNC(N)=NC)C(=O)OCc2ccccc2)ccc2ccccc12)C(=O)OCc1ccccc1.S. The third kappa shape index (κ3) is 19.5. The topological polar surface area (TPSA) is 230 Å². The van der Waals surface area contributed by atoms with Crippen LogP contribution in [0.5, 0.6) is 11.5 Å². The van der Waals surface area contributed by atoms with Crippen LogP contribution < -0.4 is 42.2 Å². The highest BCUT2D eigenvalue weighted by molar-refractivity contribution is 7.59. The van der Waals surface area contributed by atoms with Gasteiger partial charge in [-0.15, -0.1) is 0 Å². The maximum Gasteiger partial charge on any atom is 0.328 e. The molecule has 0 radical (unpaired) electrons. The minimum atomic E-state index is -0.861. The molecule has 6 aromatic rings. The van der Waals surface area contributed by atoms with Gasteiger partial charge in [-0.1, -0.05) is 136 Å². The zero-order valence-electron chi connectivity index (χ0n) is 41.6. The molecule has 0 saturated heterocycles. The predicted octanol–water partition coefficient (Wildman–Crippen LogP) is 8.45. The van der Waals surface area contributed by atoms with Crippen molar-refractivity contribution in [3.05, 3.63) is 145 Å². The van der Waals surface area contributed by atoms with Crippen LogP contribution in [-0.2, 0) is 41.9 Å². The zero-order valence-corrected chi connectivity index (χ0v) is 42.6. The van der Waals surface area contributed by atoms with E-state index >= 15 is 0 Å². The van der Waals surface area contributed by atoms with Crippen LogP contribution in [0.4, 0.5) is 0 Å². The van der Waals surface area contributed by atoms with E-state index < -0.39 is 24.0 Å². The van der Waals surface area contributed by atoms with E-state index in [1.165, 1.54) is 0 Å². The van der Waals surface area contributed by atoms with E-state index in [9.17, 15) is 19.2 Å². The summed E-state index contributed by atoms with van der Waals surface area (Å²) in [5.41, 5.74) is 14.9. The Bertz CT molecular complexity index is 2590. The molecule has 2 atom stereocenters. The molecule has 0 aliphatic carbocycles. The maximum absolute atomic E-state index is 13.4. The Morgan fingerprint density at radius 1 is 0.507 bits per heavy atom. The van der Waals surface area contributed by atoms with Crippen LogP contribution >= 0.6 is 13.5 Å². The van der Waals surface area contributed by atoms with Gasteiger partial charge in [-0.05, 0) is 83.3 Å². The normalized spacial score (nSPS) is 11.9. The minimum absolute atomic E-state index is 0. The lowest BCUT2D eigenvalue weighted by atomic mass is 9.92. The highest BCUT2D eigenvalue weighted by Gasteiger charge is 2.25. The fourth-order valence-corrected chi connectivity index (χ4v) is 7.98. The van der Waals surface area contributed by atoms with Gasteiger partial charge < -0.3 is 51.7 Å². The van der Waals surface area contributed by atoms with Gasteiger partial charge in [-0.2, -0.15) is 13.5 Å². The first-order chi connectivity index (χ1) is 35.1. The molecule has 6 rings (SSSR count). The van der Waals surface area contributed by atoms with E-state index in [-0.39, 0.29) is 91.4 Å². The first kappa shape index (κ1) is 61.5. The molecule has 0 spiro atoms. The van der Waals surface area contributed by atoms with Gasteiger partial charge in [0.25, 0.3) is 0 Å². The summed E-state index contributed by atoms with van der Waals surface area (Å²) in [6.07, 6.45) is 2.66. The lowest BCUT2D eigenvalue weighted by molar-refractivity contribution is -0.149. The molecule has 0 saturated carbocycles. The molecule has 0 aliphatic rings. The van der Waals surface area contributed by atoms with E-state index in [1.807, 2.05) is 133 Å². The third-order valence-electron chi connectivity index (χ3n) is 11.8. The Hall–Kier alpha value is -7.79. The van der Waals surface area contributed by atoms with Gasteiger partial charge in [0.1, 0.15) is 36.8 Å². The van der Waals surface area contributed by atoms with E-state index in [0.717, 1.165) is 43.8 Å². The molecule has 6 aromatic carbocycles. The van der Waals surface area contributed by atoms with E-state index in [4.69, 9.17) is 30.4 Å². The second kappa shape index (κ2) is 33.1. The monoisotopic (exact) mass is 1040 g/mol. The van der Waals surface area contributed by atoms with Crippen molar-refractivity contribution >= 4 is 70.7 Å². The van der Waals surface area contributed by atoms with Crippen LogP contribution in [0.2, 0.25) is 0 Å². The van der Waals surface area contributed by atoms with Crippen molar-refractivity contribution in [3.8, 4) is 22.6 Å². The average Bonchev–Trinajstić information content (AvgIpc) is 3.41. The van der Waals surface area contributed by atoms with Gasteiger partial charge in [0, 0.05) is 51.2 Å². The summed E-state index contributed by atoms with van der Waals surface area (Å²) in [6, 6.07) is 40.9. The lowest BCUT2D eigenvalue weighted by Gasteiger charge is -2.20. The Morgan fingerprint density at radius 3 is 1.27 bits per heavy atom. The second-order valence-electron chi connectivity index (χ2n) is 17.0. The molecule has 0 heterocycles. The number of esters is 2. The Balaban J connectivity index is 0.00000494. The van der Waals surface area contributed by atoms with Crippen molar-refractivity contribution in [2.45, 2.75) is 91.5 Å². The standard InChI is InChI=1S/C56H66N8O8.2CH4.H2S/c1-59-55(57)61-33-13-25-45(53(67)71-37-39-17-5-3-6-18-39)63-49(65)27-15-35-69-47-31-29-41-21-9-11-23-43(41)51(47)52-44-24-12-10-22-42(44)30-32-48(52)70-36-16-28-50(66)64-46(26-14-34-62-56(58)60-2)54(68)72-38-40-19-7-4-8-20-40;;;/h3-12,17-24,29-32,45-46H,13-16,25-28,33-38H2,1-2H3,(H,63,65)(H,64,66)(H3,57,59,61)(H3,58,60,62);2*1H4;1H2/t45-,46-;;;/m1.../s1. The Morgan fingerprint density at radius 2 is 0.880 bits per heavy atom. The van der Waals surface area contributed by atoms with Gasteiger partial charge in [0.2, 0.25) is 11.8 Å². The summed E-state index contributed by atoms with van der Waals surface area (Å²) in [5.74, 6) is 0.124. The lowest BCUT2D eigenvalue weighted by Crippen LogP contribution is -2.42. The molecule has 8 N–H and O–H groups in total. The molecule has 0 unspecified atom stereocenters. The van der Waals surface area contributed by atoms with Gasteiger partial charge in [0.15, 0.2) is 11.9 Å². The van der Waals surface area contributed by atoms with Crippen LogP contribution in [0.15, 0.2) is 143 Å². The molecular formula is C58H76N8O8S. The third-order valence-corrected chi connectivity index (χ3v) is 11.8. The number of fused-ring (bicyclic) bond motifs is 2. The molecule has 0 aliphatic heterocycles. The van der Waals surface area contributed by atoms with Crippen molar-refractivity contribution in [2.24, 2.45) is 21.5 Å².